The highest BCUT2D eigenvalue weighted by atomic mass is 16.2. The van der Waals surface area contributed by atoms with Gasteiger partial charge in [0.2, 0.25) is 0 Å². The van der Waals surface area contributed by atoms with E-state index in [1.807, 2.05) is 38.1 Å². The van der Waals surface area contributed by atoms with Crippen LogP contribution in [0.15, 0.2) is 60.2 Å². The van der Waals surface area contributed by atoms with Gasteiger partial charge >= 0.3 is 0 Å². The van der Waals surface area contributed by atoms with Crippen molar-refractivity contribution < 1.29 is 9.59 Å². The van der Waals surface area contributed by atoms with Crippen LogP contribution in [0.4, 0.5) is 5.69 Å². The molecule has 4 rings (SSSR count). The molecule has 1 aliphatic rings. The third-order valence-corrected chi connectivity index (χ3v) is 5.28. The van der Waals surface area contributed by atoms with Gasteiger partial charge in [0.05, 0.1) is 5.69 Å². The molecule has 146 valence electrons. The van der Waals surface area contributed by atoms with Crippen molar-refractivity contribution >= 4 is 23.6 Å². The molecule has 0 saturated carbocycles. The lowest BCUT2D eigenvalue weighted by molar-refractivity contribution is -0.117. The molecule has 5 heteroatoms. The summed E-state index contributed by atoms with van der Waals surface area (Å²) in [6, 6.07) is 17.4. The predicted molar refractivity (Wildman–Crippen MR) is 115 cm³/mol. The summed E-state index contributed by atoms with van der Waals surface area (Å²) >= 11 is 0. The number of nitrogens with zero attached hydrogens (tertiary/aromatic N) is 2. The minimum atomic E-state index is -0.393. The van der Waals surface area contributed by atoms with Crippen molar-refractivity contribution in [2.24, 2.45) is 0 Å². The van der Waals surface area contributed by atoms with Crippen LogP contribution in [0.2, 0.25) is 0 Å². The quantitative estimate of drug-likeness (QED) is 0.543. The van der Waals surface area contributed by atoms with Gasteiger partial charge in [-0.1, -0.05) is 30.3 Å². The monoisotopic (exact) mass is 385 g/mol. The summed E-state index contributed by atoms with van der Waals surface area (Å²) < 4.78 is 2.17. The molecule has 0 bridgehead atoms. The molecule has 3 aromatic rings. The molecular formula is C24H23N3O2. The van der Waals surface area contributed by atoms with Gasteiger partial charge in [0.15, 0.2) is 0 Å². The standard InChI is InChI=1S/C24H23N3O2/c1-15-10-11-16(2)22(12-15)26-17(3)13-19(18(26)4)14-21-23(28)25-27(24(21)29)20-8-6-5-7-9-20/h5-14H,1-4H3,(H,25,28). The summed E-state index contributed by atoms with van der Waals surface area (Å²) in [5.74, 6) is -0.742. The van der Waals surface area contributed by atoms with Crippen LogP contribution < -0.4 is 10.4 Å². The van der Waals surface area contributed by atoms with E-state index in [2.05, 4.69) is 42.0 Å². The fourth-order valence-corrected chi connectivity index (χ4v) is 3.74. The van der Waals surface area contributed by atoms with E-state index in [0.29, 0.717) is 5.69 Å². The van der Waals surface area contributed by atoms with Crippen molar-refractivity contribution in [1.82, 2.24) is 9.99 Å². The fraction of sp³-hybridized carbons (Fsp3) is 0.167. The minimum Gasteiger partial charge on any atom is -0.318 e. The summed E-state index contributed by atoms with van der Waals surface area (Å²) in [5.41, 5.74) is 9.77. The van der Waals surface area contributed by atoms with Crippen LogP contribution in [0.3, 0.4) is 0 Å². The number of nitrogens with one attached hydrogen (secondary N) is 1. The Balaban J connectivity index is 1.75. The Kier molecular flexibility index (Phi) is 4.59. The molecule has 0 unspecified atom stereocenters. The SMILES string of the molecule is Cc1ccc(C)c(-n2c(C)cc(C=C3C(=O)NN(c4ccccc4)C3=O)c2C)c1. The molecule has 1 N–H and O–H groups in total. The first-order chi connectivity index (χ1) is 13.9. The number of aromatic nitrogens is 1. The first kappa shape index (κ1) is 18.7. The number of amides is 2. The molecule has 1 aliphatic heterocycles. The van der Waals surface area contributed by atoms with Gasteiger partial charge in [-0.3, -0.25) is 15.0 Å². The topological polar surface area (TPSA) is 54.3 Å². The van der Waals surface area contributed by atoms with E-state index in [1.165, 1.54) is 16.1 Å². The van der Waals surface area contributed by atoms with Crippen LogP contribution in [0.1, 0.15) is 28.1 Å². The second-order valence-electron chi connectivity index (χ2n) is 7.43. The van der Waals surface area contributed by atoms with E-state index < -0.39 is 5.91 Å². The molecule has 2 heterocycles. The Bertz CT molecular complexity index is 1160. The van der Waals surface area contributed by atoms with Crippen molar-refractivity contribution in [3.63, 3.8) is 0 Å². The van der Waals surface area contributed by atoms with Gasteiger partial charge < -0.3 is 4.57 Å². The molecule has 5 nitrogen and oxygen atoms in total. The molecule has 0 radical (unpaired) electrons. The molecule has 1 fully saturated rings. The van der Waals surface area contributed by atoms with Crippen LogP contribution >= 0.6 is 0 Å². The maximum atomic E-state index is 12.9. The summed E-state index contributed by atoms with van der Waals surface area (Å²) in [4.78, 5) is 25.4. The smallest absolute Gasteiger partial charge is 0.282 e. The average molecular weight is 385 g/mol. The highest BCUT2D eigenvalue weighted by Gasteiger charge is 2.34. The molecule has 2 aromatic carbocycles. The van der Waals surface area contributed by atoms with Crippen molar-refractivity contribution in [2.75, 3.05) is 5.01 Å². The zero-order valence-electron chi connectivity index (χ0n) is 17.0. The Morgan fingerprint density at radius 2 is 1.62 bits per heavy atom. The van der Waals surface area contributed by atoms with Crippen molar-refractivity contribution in [3.8, 4) is 5.69 Å². The maximum absolute atomic E-state index is 12.9. The van der Waals surface area contributed by atoms with Crippen LogP contribution in [-0.2, 0) is 9.59 Å². The van der Waals surface area contributed by atoms with Gasteiger partial charge in [-0.2, -0.15) is 0 Å². The molecular weight excluding hydrogens is 362 g/mol. The van der Waals surface area contributed by atoms with Crippen molar-refractivity contribution in [2.45, 2.75) is 27.7 Å². The van der Waals surface area contributed by atoms with Crippen LogP contribution in [0, 0.1) is 27.7 Å². The summed E-state index contributed by atoms with van der Waals surface area (Å²) in [6.45, 7) is 8.19. The molecule has 1 aromatic heterocycles. The highest BCUT2D eigenvalue weighted by Crippen LogP contribution is 2.27. The van der Waals surface area contributed by atoms with Gasteiger partial charge in [-0.25, -0.2) is 5.01 Å². The number of hydrazine groups is 1. The lowest BCUT2D eigenvalue weighted by Crippen LogP contribution is -2.35. The molecule has 1 saturated heterocycles. The summed E-state index contributed by atoms with van der Waals surface area (Å²) in [6.07, 6.45) is 1.69. The van der Waals surface area contributed by atoms with Gasteiger partial charge in [0.25, 0.3) is 11.8 Å². The van der Waals surface area contributed by atoms with E-state index in [1.54, 1.807) is 18.2 Å². The Labute approximate surface area is 170 Å². The molecule has 0 atom stereocenters. The fourth-order valence-electron chi connectivity index (χ4n) is 3.74. The minimum absolute atomic E-state index is 0.134. The van der Waals surface area contributed by atoms with Crippen LogP contribution in [-0.4, -0.2) is 16.4 Å². The first-order valence-corrected chi connectivity index (χ1v) is 9.55. The number of carbonyl (C=O) groups is 2. The first-order valence-electron chi connectivity index (χ1n) is 9.55. The van der Waals surface area contributed by atoms with Crippen molar-refractivity contribution in [1.29, 1.82) is 0 Å². The largest absolute Gasteiger partial charge is 0.318 e. The number of rotatable bonds is 3. The van der Waals surface area contributed by atoms with Crippen molar-refractivity contribution in [3.05, 3.63) is 88.2 Å². The van der Waals surface area contributed by atoms with E-state index in [9.17, 15) is 9.59 Å². The Hall–Kier alpha value is -3.60. The third-order valence-electron chi connectivity index (χ3n) is 5.28. The van der Waals surface area contributed by atoms with Gasteiger partial charge in [0.1, 0.15) is 5.57 Å². The molecule has 29 heavy (non-hydrogen) atoms. The number of hydrogen-bond acceptors (Lipinski definition) is 2. The molecule has 2 amide bonds. The number of carbonyl (C=O) groups excluding carboxylic acids is 2. The third kappa shape index (κ3) is 3.25. The summed E-state index contributed by atoms with van der Waals surface area (Å²) in [7, 11) is 0. The maximum Gasteiger partial charge on any atom is 0.282 e. The number of hydrogen-bond donors (Lipinski definition) is 1. The van der Waals surface area contributed by atoms with Crippen LogP contribution in [0.5, 0.6) is 0 Å². The second-order valence-corrected chi connectivity index (χ2v) is 7.43. The van der Waals surface area contributed by atoms with Crippen LogP contribution in [0.25, 0.3) is 11.8 Å². The van der Waals surface area contributed by atoms with Gasteiger partial charge in [0, 0.05) is 17.1 Å². The van der Waals surface area contributed by atoms with E-state index in [0.717, 1.165) is 22.6 Å². The number of para-hydroxylation sites is 1. The van der Waals surface area contributed by atoms with E-state index in [-0.39, 0.29) is 11.5 Å². The van der Waals surface area contributed by atoms with Gasteiger partial charge in [-0.05, 0) is 74.7 Å². The predicted octanol–water partition coefficient (Wildman–Crippen LogP) is 4.17. The molecule has 0 aliphatic carbocycles. The van der Waals surface area contributed by atoms with E-state index >= 15 is 0 Å². The lowest BCUT2D eigenvalue weighted by Gasteiger charge is -2.14. The Morgan fingerprint density at radius 3 is 2.34 bits per heavy atom. The number of anilines is 1. The number of benzene rings is 2. The summed E-state index contributed by atoms with van der Waals surface area (Å²) in [5, 5.41) is 1.29. The highest BCUT2D eigenvalue weighted by molar-refractivity contribution is 6.31. The number of aryl methyl sites for hydroxylation is 3. The second kappa shape index (κ2) is 7.09. The molecule has 0 spiro atoms. The normalized spacial score (nSPS) is 15.3. The Morgan fingerprint density at radius 1 is 0.897 bits per heavy atom. The zero-order valence-corrected chi connectivity index (χ0v) is 17.0. The van der Waals surface area contributed by atoms with E-state index in [4.69, 9.17) is 0 Å². The zero-order chi connectivity index (χ0) is 20.7. The van der Waals surface area contributed by atoms with Gasteiger partial charge in [-0.15, -0.1) is 0 Å². The average Bonchev–Trinajstić information content (AvgIpc) is 3.14. The lowest BCUT2D eigenvalue weighted by atomic mass is 10.1.